The molecule has 0 bridgehead atoms. The molecule has 0 N–H and O–H groups in total. The standard InChI is InChI=1S/C24H25N3O3/c1-17-16-26(24(29)20-7-4-3-5-8-20)13-14-27(17)23(28)18(2)30-22-10-6-9-19-11-12-25-15-21(19)22/h3-12,15,17-18H,13-14,16H2,1-2H3/t17-,18?/m1/s1. The maximum absolute atomic E-state index is 13.1. The van der Waals surface area contributed by atoms with Gasteiger partial charge in [0.1, 0.15) is 5.75 Å². The molecule has 2 atom stereocenters. The molecule has 2 amide bonds. The van der Waals surface area contributed by atoms with Crippen LogP contribution < -0.4 is 4.74 Å². The van der Waals surface area contributed by atoms with Gasteiger partial charge in [0.15, 0.2) is 6.10 Å². The zero-order valence-corrected chi connectivity index (χ0v) is 17.2. The van der Waals surface area contributed by atoms with Gasteiger partial charge < -0.3 is 14.5 Å². The zero-order chi connectivity index (χ0) is 21.1. The van der Waals surface area contributed by atoms with Crippen molar-refractivity contribution in [1.82, 2.24) is 14.8 Å². The van der Waals surface area contributed by atoms with Gasteiger partial charge in [-0.3, -0.25) is 14.6 Å². The molecule has 2 heterocycles. The highest BCUT2D eigenvalue weighted by molar-refractivity contribution is 5.94. The molecule has 30 heavy (non-hydrogen) atoms. The Morgan fingerprint density at radius 1 is 1.07 bits per heavy atom. The number of pyridine rings is 1. The topological polar surface area (TPSA) is 62.7 Å². The summed E-state index contributed by atoms with van der Waals surface area (Å²) in [6, 6.07) is 16.8. The van der Waals surface area contributed by atoms with Gasteiger partial charge in [0.05, 0.1) is 0 Å². The van der Waals surface area contributed by atoms with E-state index >= 15 is 0 Å². The first-order chi connectivity index (χ1) is 14.5. The molecule has 1 unspecified atom stereocenters. The molecule has 1 aliphatic rings. The van der Waals surface area contributed by atoms with Crippen LogP contribution in [0.4, 0.5) is 0 Å². The normalized spacial score (nSPS) is 17.6. The minimum atomic E-state index is -0.630. The van der Waals surface area contributed by atoms with Gasteiger partial charge in [0, 0.05) is 49.0 Å². The Balaban J connectivity index is 1.42. The van der Waals surface area contributed by atoms with Crippen LogP contribution in [0.2, 0.25) is 0 Å². The molecule has 3 aromatic rings. The Hall–Kier alpha value is -3.41. The second kappa shape index (κ2) is 8.53. The lowest BCUT2D eigenvalue weighted by Crippen LogP contribution is -2.57. The van der Waals surface area contributed by atoms with Gasteiger partial charge in [-0.1, -0.05) is 30.3 Å². The van der Waals surface area contributed by atoms with Gasteiger partial charge in [0.25, 0.3) is 11.8 Å². The van der Waals surface area contributed by atoms with Crippen molar-refractivity contribution in [2.24, 2.45) is 0 Å². The number of aromatic nitrogens is 1. The molecule has 1 aromatic heterocycles. The van der Waals surface area contributed by atoms with E-state index in [9.17, 15) is 9.59 Å². The molecule has 2 aromatic carbocycles. The van der Waals surface area contributed by atoms with E-state index < -0.39 is 6.10 Å². The Bertz CT molecular complexity index is 1050. The summed E-state index contributed by atoms with van der Waals surface area (Å²) in [5.74, 6) is 0.573. The molecule has 6 heteroatoms. The SMILES string of the molecule is CC(Oc1cccc2ccncc12)C(=O)N1CCN(C(=O)c2ccccc2)C[C@H]1C. The lowest BCUT2D eigenvalue weighted by Gasteiger charge is -2.40. The summed E-state index contributed by atoms with van der Waals surface area (Å²) in [5, 5.41) is 1.90. The molecular formula is C24H25N3O3. The molecule has 0 saturated carbocycles. The van der Waals surface area contributed by atoms with Gasteiger partial charge in [-0.25, -0.2) is 0 Å². The number of fused-ring (bicyclic) bond motifs is 1. The number of benzene rings is 2. The van der Waals surface area contributed by atoms with Crippen LogP contribution in [0, 0.1) is 0 Å². The van der Waals surface area contributed by atoms with Gasteiger partial charge >= 0.3 is 0 Å². The highest BCUT2D eigenvalue weighted by Gasteiger charge is 2.33. The largest absolute Gasteiger partial charge is 0.480 e. The monoisotopic (exact) mass is 403 g/mol. The number of hydrogen-bond acceptors (Lipinski definition) is 4. The van der Waals surface area contributed by atoms with Crippen LogP contribution >= 0.6 is 0 Å². The average molecular weight is 403 g/mol. The van der Waals surface area contributed by atoms with E-state index in [0.717, 1.165) is 10.8 Å². The number of carbonyl (C=O) groups is 2. The van der Waals surface area contributed by atoms with Gasteiger partial charge in [0.2, 0.25) is 0 Å². The van der Waals surface area contributed by atoms with Crippen LogP contribution in [0.15, 0.2) is 67.0 Å². The van der Waals surface area contributed by atoms with Crippen molar-refractivity contribution in [1.29, 1.82) is 0 Å². The fourth-order valence-electron chi connectivity index (χ4n) is 3.90. The lowest BCUT2D eigenvalue weighted by atomic mass is 10.1. The van der Waals surface area contributed by atoms with Crippen LogP contribution in [0.25, 0.3) is 10.8 Å². The Labute approximate surface area is 176 Å². The van der Waals surface area contributed by atoms with Gasteiger partial charge in [-0.2, -0.15) is 0 Å². The molecule has 6 nitrogen and oxygen atoms in total. The summed E-state index contributed by atoms with van der Waals surface area (Å²) in [6.07, 6.45) is 2.85. The van der Waals surface area contributed by atoms with E-state index in [1.165, 1.54) is 0 Å². The number of amides is 2. The molecule has 0 radical (unpaired) electrons. The Kier molecular flexibility index (Phi) is 5.65. The van der Waals surface area contributed by atoms with Gasteiger partial charge in [-0.15, -0.1) is 0 Å². The number of ether oxygens (including phenoxy) is 1. The molecule has 4 rings (SSSR count). The summed E-state index contributed by atoms with van der Waals surface area (Å²) in [7, 11) is 0. The van der Waals surface area contributed by atoms with Crippen molar-refractivity contribution in [3.05, 3.63) is 72.6 Å². The fraction of sp³-hybridized carbons (Fsp3) is 0.292. The Morgan fingerprint density at radius 2 is 1.87 bits per heavy atom. The van der Waals surface area contributed by atoms with E-state index in [1.807, 2.05) is 71.3 Å². The number of nitrogens with zero attached hydrogens (tertiary/aromatic N) is 3. The fourth-order valence-corrected chi connectivity index (χ4v) is 3.90. The number of hydrogen-bond donors (Lipinski definition) is 0. The summed E-state index contributed by atoms with van der Waals surface area (Å²) < 4.78 is 6.02. The average Bonchev–Trinajstić information content (AvgIpc) is 2.79. The molecule has 0 spiro atoms. The molecule has 1 fully saturated rings. The smallest absolute Gasteiger partial charge is 0.263 e. The van der Waals surface area contributed by atoms with Crippen LogP contribution in [0.3, 0.4) is 0 Å². The van der Waals surface area contributed by atoms with Gasteiger partial charge in [-0.05, 0) is 43.5 Å². The van der Waals surface area contributed by atoms with Crippen LogP contribution in [-0.4, -0.2) is 58.4 Å². The van der Waals surface area contributed by atoms with E-state index in [2.05, 4.69) is 4.98 Å². The first kappa shape index (κ1) is 19.9. The van der Waals surface area contributed by atoms with Crippen molar-refractivity contribution < 1.29 is 14.3 Å². The maximum atomic E-state index is 13.1. The van der Waals surface area contributed by atoms with E-state index in [4.69, 9.17) is 4.74 Å². The van der Waals surface area contributed by atoms with Crippen molar-refractivity contribution in [3.63, 3.8) is 0 Å². The van der Waals surface area contributed by atoms with Crippen LogP contribution in [0.1, 0.15) is 24.2 Å². The minimum absolute atomic E-state index is 0.00195. The van der Waals surface area contributed by atoms with E-state index in [-0.39, 0.29) is 17.9 Å². The molecule has 0 aliphatic carbocycles. The second-order valence-electron chi connectivity index (χ2n) is 7.61. The second-order valence-corrected chi connectivity index (χ2v) is 7.61. The highest BCUT2D eigenvalue weighted by atomic mass is 16.5. The third kappa shape index (κ3) is 3.99. The number of rotatable bonds is 4. The summed E-state index contributed by atoms with van der Waals surface area (Å²) in [4.78, 5) is 33.6. The third-order valence-corrected chi connectivity index (χ3v) is 5.51. The minimum Gasteiger partial charge on any atom is -0.480 e. The predicted molar refractivity (Wildman–Crippen MR) is 115 cm³/mol. The molecule has 154 valence electrons. The predicted octanol–water partition coefficient (Wildman–Crippen LogP) is 3.38. The quantitative estimate of drug-likeness (QED) is 0.670. The number of carbonyl (C=O) groups excluding carboxylic acids is 2. The first-order valence-corrected chi connectivity index (χ1v) is 10.2. The van der Waals surface area contributed by atoms with Crippen molar-refractivity contribution in [2.45, 2.75) is 26.0 Å². The summed E-state index contributed by atoms with van der Waals surface area (Å²) >= 11 is 0. The van der Waals surface area contributed by atoms with Crippen molar-refractivity contribution >= 4 is 22.6 Å². The summed E-state index contributed by atoms with van der Waals surface area (Å²) in [5.41, 5.74) is 0.672. The maximum Gasteiger partial charge on any atom is 0.263 e. The highest BCUT2D eigenvalue weighted by Crippen LogP contribution is 2.26. The third-order valence-electron chi connectivity index (χ3n) is 5.51. The van der Waals surface area contributed by atoms with Crippen molar-refractivity contribution in [2.75, 3.05) is 19.6 Å². The lowest BCUT2D eigenvalue weighted by molar-refractivity contribution is -0.142. The molecule has 1 saturated heterocycles. The molecule has 1 aliphatic heterocycles. The zero-order valence-electron chi connectivity index (χ0n) is 17.2. The van der Waals surface area contributed by atoms with E-state index in [0.29, 0.717) is 30.9 Å². The van der Waals surface area contributed by atoms with Crippen molar-refractivity contribution in [3.8, 4) is 5.75 Å². The summed E-state index contributed by atoms with van der Waals surface area (Å²) in [6.45, 7) is 5.24. The number of piperazine rings is 1. The van der Waals surface area contributed by atoms with Crippen LogP contribution in [0.5, 0.6) is 5.75 Å². The van der Waals surface area contributed by atoms with E-state index in [1.54, 1.807) is 19.3 Å². The van der Waals surface area contributed by atoms with Crippen LogP contribution in [-0.2, 0) is 4.79 Å². The first-order valence-electron chi connectivity index (χ1n) is 10.2. The molecular weight excluding hydrogens is 378 g/mol. The Morgan fingerprint density at radius 3 is 2.63 bits per heavy atom.